The van der Waals surface area contributed by atoms with Crippen molar-refractivity contribution in [2.45, 2.75) is 32.7 Å². The fourth-order valence-electron chi connectivity index (χ4n) is 2.55. The van der Waals surface area contributed by atoms with Crippen LogP contribution in [0.25, 0.3) is 0 Å². The molecule has 0 fully saturated rings. The maximum atomic E-state index is 13.0. The second-order valence-electron chi connectivity index (χ2n) is 6.58. The lowest BCUT2D eigenvalue weighted by atomic mass is 10.0. The first-order valence-corrected chi connectivity index (χ1v) is 8.04. The van der Waals surface area contributed by atoms with E-state index in [1.807, 2.05) is 20.8 Å². The Bertz CT molecular complexity index is 795. The number of nitrogens with two attached hydrogens (primary N) is 1. The standard InChI is InChI=1S/C18H20ClN3O3/c1-18(2,3)22(11-7-8-21-14(9-11)17(20)25)16(24)10-12-13(19)5-4-6-15(12)23/h4-9,23H,10H2,1-3H3,(H2,20,25). The van der Waals surface area contributed by atoms with E-state index in [0.29, 0.717) is 16.3 Å². The molecule has 0 radical (unpaired) electrons. The molecule has 0 spiro atoms. The highest BCUT2D eigenvalue weighted by molar-refractivity contribution is 6.31. The molecular formula is C18H20ClN3O3. The molecule has 1 aromatic heterocycles. The van der Waals surface area contributed by atoms with Crippen LogP contribution in [0.15, 0.2) is 36.5 Å². The van der Waals surface area contributed by atoms with E-state index in [1.54, 1.807) is 18.2 Å². The quantitative estimate of drug-likeness (QED) is 0.874. The molecule has 0 saturated heterocycles. The molecule has 132 valence electrons. The van der Waals surface area contributed by atoms with Crippen molar-refractivity contribution in [3.05, 3.63) is 52.8 Å². The molecule has 0 saturated carbocycles. The summed E-state index contributed by atoms with van der Waals surface area (Å²) in [5, 5.41) is 10.3. The van der Waals surface area contributed by atoms with Gasteiger partial charge >= 0.3 is 0 Å². The lowest BCUT2D eigenvalue weighted by molar-refractivity contribution is -0.118. The first-order valence-electron chi connectivity index (χ1n) is 7.66. The van der Waals surface area contributed by atoms with Crippen molar-refractivity contribution in [2.24, 2.45) is 5.73 Å². The number of aromatic hydroxyl groups is 1. The topological polar surface area (TPSA) is 96.5 Å². The number of aromatic nitrogens is 1. The van der Waals surface area contributed by atoms with Gasteiger partial charge in [0.15, 0.2) is 0 Å². The van der Waals surface area contributed by atoms with E-state index < -0.39 is 11.4 Å². The predicted molar refractivity (Wildman–Crippen MR) is 96.8 cm³/mol. The van der Waals surface area contributed by atoms with Gasteiger partial charge in [0.2, 0.25) is 5.91 Å². The Morgan fingerprint density at radius 2 is 1.96 bits per heavy atom. The van der Waals surface area contributed by atoms with Crippen molar-refractivity contribution >= 4 is 29.1 Å². The number of anilines is 1. The van der Waals surface area contributed by atoms with Crippen LogP contribution in [0, 0.1) is 0 Å². The van der Waals surface area contributed by atoms with Crippen LogP contribution in [0.5, 0.6) is 5.75 Å². The lowest BCUT2D eigenvalue weighted by Gasteiger charge is -2.36. The molecule has 1 heterocycles. The number of phenolic OH excluding ortho intramolecular Hbond substituents is 1. The van der Waals surface area contributed by atoms with Gasteiger partial charge in [-0.3, -0.25) is 14.6 Å². The third kappa shape index (κ3) is 4.28. The molecule has 0 bridgehead atoms. The van der Waals surface area contributed by atoms with E-state index in [2.05, 4.69) is 4.98 Å². The second kappa shape index (κ2) is 7.11. The van der Waals surface area contributed by atoms with Gasteiger partial charge in [0, 0.05) is 28.0 Å². The van der Waals surface area contributed by atoms with Gasteiger partial charge in [-0.25, -0.2) is 0 Å². The molecule has 2 amide bonds. The number of nitrogens with zero attached hydrogens (tertiary/aromatic N) is 2. The third-order valence-corrected chi connectivity index (χ3v) is 3.95. The van der Waals surface area contributed by atoms with Crippen LogP contribution in [-0.2, 0) is 11.2 Å². The van der Waals surface area contributed by atoms with E-state index in [0.717, 1.165) is 0 Å². The molecule has 0 unspecified atom stereocenters. The van der Waals surface area contributed by atoms with Crippen LogP contribution in [0.1, 0.15) is 36.8 Å². The van der Waals surface area contributed by atoms with Crippen LogP contribution in [0.2, 0.25) is 5.02 Å². The van der Waals surface area contributed by atoms with Crippen LogP contribution in [0.4, 0.5) is 5.69 Å². The van der Waals surface area contributed by atoms with Gasteiger partial charge in [0.1, 0.15) is 11.4 Å². The van der Waals surface area contributed by atoms with Crippen molar-refractivity contribution in [1.82, 2.24) is 4.98 Å². The molecule has 25 heavy (non-hydrogen) atoms. The second-order valence-corrected chi connectivity index (χ2v) is 6.98. The SMILES string of the molecule is CC(C)(C)N(C(=O)Cc1c(O)cccc1Cl)c1ccnc(C(N)=O)c1. The van der Waals surface area contributed by atoms with Gasteiger partial charge < -0.3 is 15.7 Å². The maximum absolute atomic E-state index is 13.0. The molecule has 7 heteroatoms. The van der Waals surface area contributed by atoms with Crippen LogP contribution in [0.3, 0.4) is 0 Å². The van der Waals surface area contributed by atoms with Crippen molar-refractivity contribution < 1.29 is 14.7 Å². The number of halogens is 1. The molecule has 0 aliphatic heterocycles. The molecule has 2 rings (SSSR count). The molecule has 0 atom stereocenters. The van der Waals surface area contributed by atoms with Gasteiger partial charge in [-0.05, 0) is 45.0 Å². The summed E-state index contributed by atoms with van der Waals surface area (Å²) in [5.74, 6) is -0.994. The van der Waals surface area contributed by atoms with Crippen molar-refractivity contribution in [1.29, 1.82) is 0 Å². The number of carbonyl (C=O) groups is 2. The summed E-state index contributed by atoms with van der Waals surface area (Å²) in [5.41, 5.74) is 5.61. The van der Waals surface area contributed by atoms with Crippen LogP contribution >= 0.6 is 11.6 Å². The molecular weight excluding hydrogens is 342 g/mol. The minimum absolute atomic E-state index is 0.0396. The largest absolute Gasteiger partial charge is 0.508 e. The van der Waals surface area contributed by atoms with E-state index in [4.69, 9.17) is 17.3 Å². The van der Waals surface area contributed by atoms with Crippen molar-refractivity contribution in [2.75, 3.05) is 4.90 Å². The average molecular weight is 362 g/mol. The summed E-state index contributed by atoms with van der Waals surface area (Å²) in [6, 6.07) is 7.80. The highest BCUT2D eigenvalue weighted by Gasteiger charge is 2.29. The van der Waals surface area contributed by atoms with E-state index in [-0.39, 0.29) is 23.8 Å². The number of amides is 2. The molecule has 1 aromatic carbocycles. The Labute approximate surface area is 151 Å². The Morgan fingerprint density at radius 3 is 2.52 bits per heavy atom. The number of hydrogen-bond donors (Lipinski definition) is 2. The maximum Gasteiger partial charge on any atom is 0.267 e. The summed E-state index contributed by atoms with van der Waals surface area (Å²) in [7, 11) is 0. The zero-order valence-electron chi connectivity index (χ0n) is 14.3. The molecule has 2 aromatic rings. The molecule has 3 N–H and O–H groups in total. The van der Waals surface area contributed by atoms with Gasteiger partial charge in [-0.2, -0.15) is 0 Å². The predicted octanol–water partition coefficient (Wildman–Crippen LogP) is 2.91. The zero-order valence-corrected chi connectivity index (χ0v) is 15.0. The molecule has 6 nitrogen and oxygen atoms in total. The first-order chi connectivity index (χ1) is 11.6. The summed E-state index contributed by atoms with van der Waals surface area (Å²) in [4.78, 5) is 29.8. The van der Waals surface area contributed by atoms with Gasteiger partial charge in [0.25, 0.3) is 5.91 Å². The number of rotatable bonds is 4. The number of pyridine rings is 1. The fourth-order valence-corrected chi connectivity index (χ4v) is 2.79. The number of carbonyl (C=O) groups excluding carboxylic acids is 2. The Balaban J connectivity index is 2.43. The van der Waals surface area contributed by atoms with E-state index >= 15 is 0 Å². The Morgan fingerprint density at radius 1 is 1.28 bits per heavy atom. The van der Waals surface area contributed by atoms with Crippen molar-refractivity contribution in [3.8, 4) is 5.75 Å². The average Bonchev–Trinajstić information content (AvgIpc) is 2.50. The minimum atomic E-state index is -0.674. The van der Waals surface area contributed by atoms with Crippen LogP contribution in [-0.4, -0.2) is 27.4 Å². The zero-order chi connectivity index (χ0) is 18.8. The summed E-state index contributed by atoms with van der Waals surface area (Å²) >= 11 is 6.10. The highest BCUT2D eigenvalue weighted by Crippen LogP contribution is 2.29. The Hall–Kier alpha value is -2.60. The number of hydrogen-bond acceptors (Lipinski definition) is 4. The number of primary amides is 1. The van der Waals surface area contributed by atoms with E-state index in [1.165, 1.54) is 23.2 Å². The van der Waals surface area contributed by atoms with Crippen molar-refractivity contribution in [3.63, 3.8) is 0 Å². The fraction of sp³-hybridized carbons (Fsp3) is 0.278. The smallest absolute Gasteiger partial charge is 0.267 e. The molecule has 0 aliphatic rings. The number of benzene rings is 1. The summed E-state index contributed by atoms with van der Waals surface area (Å²) < 4.78 is 0. The first kappa shape index (κ1) is 18.7. The van der Waals surface area contributed by atoms with Gasteiger partial charge in [-0.15, -0.1) is 0 Å². The Kier molecular flexibility index (Phi) is 5.33. The summed E-state index contributed by atoms with van der Waals surface area (Å²) in [6.07, 6.45) is 1.34. The minimum Gasteiger partial charge on any atom is -0.508 e. The van der Waals surface area contributed by atoms with Crippen LogP contribution < -0.4 is 10.6 Å². The molecule has 0 aliphatic carbocycles. The lowest BCUT2D eigenvalue weighted by Crippen LogP contribution is -2.46. The monoisotopic (exact) mass is 361 g/mol. The van der Waals surface area contributed by atoms with Gasteiger partial charge in [-0.1, -0.05) is 17.7 Å². The normalized spacial score (nSPS) is 11.2. The third-order valence-electron chi connectivity index (χ3n) is 3.60. The number of phenols is 1. The highest BCUT2D eigenvalue weighted by atomic mass is 35.5. The van der Waals surface area contributed by atoms with Gasteiger partial charge in [0.05, 0.1) is 6.42 Å². The van der Waals surface area contributed by atoms with E-state index in [9.17, 15) is 14.7 Å². The summed E-state index contributed by atoms with van der Waals surface area (Å²) in [6.45, 7) is 5.59.